The highest BCUT2D eigenvalue weighted by Gasteiger charge is 2.18. The molecule has 0 amide bonds. The van der Waals surface area contributed by atoms with E-state index in [4.69, 9.17) is 51.5 Å². The fourth-order valence-electron chi connectivity index (χ4n) is 2.11. The Kier molecular flexibility index (Phi) is 22.6. The van der Waals surface area contributed by atoms with Gasteiger partial charge in [0.05, 0.1) is 26.2 Å². The Labute approximate surface area is 206 Å². The Morgan fingerprint density at radius 3 is 0.917 bits per heavy atom. The second kappa shape index (κ2) is 21.1. The zero-order valence-electron chi connectivity index (χ0n) is 19.5. The van der Waals surface area contributed by atoms with Crippen LogP contribution in [0, 0.1) is 0 Å². The first-order valence-electron chi connectivity index (χ1n) is 10.1. The summed E-state index contributed by atoms with van der Waals surface area (Å²) in [6.07, 6.45) is -0.356. The summed E-state index contributed by atoms with van der Waals surface area (Å²) in [5, 5.41) is 34.5. The predicted molar refractivity (Wildman–Crippen MR) is 125 cm³/mol. The average Bonchev–Trinajstić information content (AvgIpc) is 2.67. The van der Waals surface area contributed by atoms with E-state index in [0.717, 1.165) is 9.80 Å². The predicted octanol–water partition coefficient (Wildman–Crippen LogP) is -3.05. The molecule has 0 heterocycles. The summed E-state index contributed by atoms with van der Waals surface area (Å²) in [4.78, 5) is 77.8. The molecule has 0 saturated heterocycles. The minimum Gasteiger partial charge on any atom is -0.480 e. The van der Waals surface area contributed by atoms with Crippen molar-refractivity contribution in [2.45, 2.75) is 12.8 Å². The SMILES string of the molecule is NCCN.O=C(O)CN(CCN(CC(=O)O)CC(=O)O)CC(=O)O.O=P(O)(O)CCCCP(=O)(O)O. The van der Waals surface area contributed by atoms with Gasteiger partial charge >= 0.3 is 39.1 Å². The number of nitrogens with two attached hydrogens (primary N) is 2. The van der Waals surface area contributed by atoms with Crippen LogP contribution in [0.25, 0.3) is 0 Å². The molecule has 0 radical (unpaired) electrons. The van der Waals surface area contributed by atoms with E-state index in [1.165, 1.54) is 0 Å². The largest absolute Gasteiger partial charge is 0.480 e. The Hall–Kier alpha value is -1.98. The monoisotopic (exact) mass is 570 g/mol. The van der Waals surface area contributed by atoms with E-state index in [1.807, 2.05) is 0 Å². The molecule has 36 heavy (non-hydrogen) atoms. The van der Waals surface area contributed by atoms with Crippen molar-refractivity contribution in [1.82, 2.24) is 9.80 Å². The third kappa shape index (κ3) is 36.6. The van der Waals surface area contributed by atoms with Crippen LogP contribution in [0.5, 0.6) is 0 Å². The molecule has 214 valence electrons. The normalized spacial score (nSPS) is 11.2. The summed E-state index contributed by atoms with van der Waals surface area (Å²) < 4.78 is 20.5. The fraction of sp³-hybridized carbons (Fsp3) is 0.750. The number of hydrogen-bond donors (Lipinski definition) is 10. The summed E-state index contributed by atoms with van der Waals surface area (Å²) >= 11 is 0. The summed E-state index contributed by atoms with van der Waals surface area (Å²) in [7, 11) is -8.00. The van der Waals surface area contributed by atoms with Crippen LogP contribution in [-0.2, 0) is 28.3 Å². The van der Waals surface area contributed by atoms with Crippen LogP contribution in [-0.4, -0.2) is 138 Å². The molecule has 0 fully saturated rings. The molecule has 20 heteroatoms. The van der Waals surface area contributed by atoms with Gasteiger partial charge < -0.3 is 51.5 Å². The number of carboxylic acids is 4. The molecule has 0 unspecified atom stereocenters. The molecule has 0 atom stereocenters. The third-order valence-corrected chi connectivity index (χ3v) is 5.28. The van der Waals surface area contributed by atoms with Crippen molar-refractivity contribution in [2.24, 2.45) is 11.5 Å². The van der Waals surface area contributed by atoms with Crippen molar-refractivity contribution in [2.75, 3.05) is 64.7 Å². The van der Waals surface area contributed by atoms with Gasteiger partial charge in [0.2, 0.25) is 0 Å². The van der Waals surface area contributed by atoms with Gasteiger partial charge in [0.15, 0.2) is 0 Å². The molecule has 0 aliphatic carbocycles. The highest BCUT2D eigenvalue weighted by molar-refractivity contribution is 7.52. The van der Waals surface area contributed by atoms with E-state index >= 15 is 0 Å². The Morgan fingerprint density at radius 1 is 0.556 bits per heavy atom. The van der Waals surface area contributed by atoms with E-state index in [0.29, 0.717) is 13.1 Å². The molecule has 0 aliphatic rings. The number of unbranched alkanes of at least 4 members (excludes halogenated alkanes) is 1. The second-order valence-corrected chi connectivity index (χ2v) is 10.6. The van der Waals surface area contributed by atoms with Gasteiger partial charge in [0.1, 0.15) is 0 Å². The first-order valence-corrected chi connectivity index (χ1v) is 13.7. The van der Waals surface area contributed by atoms with Crippen LogP contribution in [0.15, 0.2) is 0 Å². The van der Waals surface area contributed by atoms with Crippen molar-refractivity contribution in [1.29, 1.82) is 0 Å². The number of carboxylic acid groups (broad SMARTS) is 4. The van der Waals surface area contributed by atoms with E-state index in [9.17, 15) is 28.3 Å². The van der Waals surface area contributed by atoms with Gasteiger partial charge in [-0.3, -0.25) is 38.1 Å². The lowest BCUT2D eigenvalue weighted by Crippen LogP contribution is -2.43. The molecule has 0 rings (SSSR count). The number of nitrogens with zero attached hydrogens (tertiary/aromatic N) is 2. The number of hydrogen-bond acceptors (Lipinski definition) is 10. The molecular weight excluding hydrogens is 534 g/mol. The first kappa shape index (κ1) is 38.5. The maximum atomic E-state index is 10.6. The van der Waals surface area contributed by atoms with Gasteiger partial charge in [-0.15, -0.1) is 0 Å². The summed E-state index contributed by atoms with van der Waals surface area (Å²) in [6, 6.07) is 0. The zero-order valence-corrected chi connectivity index (χ0v) is 21.2. The van der Waals surface area contributed by atoms with Crippen molar-refractivity contribution in [3.8, 4) is 0 Å². The molecule has 18 nitrogen and oxygen atoms in total. The van der Waals surface area contributed by atoms with Gasteiger partial charge in [-0.1, -0.05) is 0 Å². The number of aliphatic carboxylic acids is 4. The first-order chi connectivity index (χ1) is 16.3. The number of carbonyl (C=O) groups is 4. The number of rotatable bonds is 17. The molecule has 0 aromatic heterocycles. The van der Waals surface area contributed by atoms with Crippen LogP contribution in [0.2, 0.25) is 0 Å². The highest BCUT2D eigenvalue weighted by atomic mass is 31.2. The minimum absolute atomic E-state index is 0.0703. The molecule has 12 N–H and O–H groups in total. The average molecular weight is 570 g/mol. The van der Waals surface area contributed by atoms with Crippen LogP contribution < -0.4 is 11.5 Å². The molecule has 0 aliphatic heterocycles. The van der Waals surface area contributed by atoms with Gasteiger partial charge in [0.25, 0.3) is 0 Å². The lowest BCUT2D eigenvalue weighted by molar-refractivity contribution is -0.145. The van der Waals surface area contributed by atoms with Gasteiger partial charge in [-0.25, -0.2) is 0 Å². The zero-order chi connectivity index (χ0) is 28.9. The van der Waals surface area contributed by atoms with Gasteiger partial charge in [-0.2, -0.15) is 0 Å². The topological polar surface area (TPSA) is 323 Å². The fourth-order valence-corrected chi connectivity index (χ4v) is 3.38. The Balaban J connectivity index is -0.000000574. The smallest absolute Gasteiger partial charge is 0.325 e. The molecule has 0 bridgehead atoms. The van der Waals surface area contributed by atoms with Crippen molar-refractivity contribution >= 4 is 39.1 Å². The standard InChI is InChI=1S/C10H16N2O8.C4H12O6P2.C2H8N2/c13-7(14)3-11(4-8(15)16)1-2-12(5-9(17)18)6-10(19)20;5-11(6,7)3-1-2-4-12(8,9)10;3-1-2-4/h1-6H2,(H,13,14)(H,15,16)(H,17,18)(H,19,20);1-4H2,(H2,5,6,7)(H2,8,9,10);1-4H2. The molecule has 0 aromatic carbocycles. The molecular formula is C16H36N4O14P2. The van der Waals surface area contributed by atoms with E-state index < -0.39 is 65.2 Å². The maximum absolute atomic E-state index is 10.6. The van der Waals surface area contributed by atoms with E-state index in [1.54, 1.807) is 0 Å². The van der Waals surface area contributed by atoms with Crippen LogP contribution in [0.3, 0.4) is 0 Å². The maximum Gasteiger partial charge on any atom is 0.325 e. The lowest BCUT2D eigenvalue weighted by Gasteiger charge is -2.23. The van der Waals surface area contributed by atoms with Crippen LogP contribution >= 0.6 is 15.2 Å². The lowest BCUT2D eigenvalue weighted by atomic mass is 10.4. The Morgan fingerprint density at radius 2 is 0.778 bits per heavy atom. The molecule has 0 spiro atoms. The van der Waals surface area contributed by atoms with Crippen LogP contribution in [0.1, 0.15) is 12.8 Å². The Bertz CT molecular complexity index is 663. The van der Waals surface area contributed by atoms with E-state index in [-0.39, 0.29) is 38.3 Å². The van der Waals surface area contributed by atoms with Gasteiger partial charge in [-0.05, 0) is 12.8 Å². The minimum atomic E-state index is -4.00. The summed E-state index contributed by atoms with van der Waals surface area (Å²) in [5.41, 5.74) is 9.81. The molecule has 0 saturated carbocycles. The third-order valence-electron chi connectivity index (χ3n) is 3.48. The summed E-state index contributed by atoms with van der Waals surface area (Å²) in [5.74, 6) is -4.91. The highest BCUT2D eigenvalue weighted by Crippen LogP contribution is 2.38. The molecule has 0 aromatic rings. The van der Waals surface area contributed by atoms with E-state index in [2.05, 4.69) is 0 Å². The van der Waals surface area contributed by atoms with Crippen LogP contribution in [0.4, 0.5) is 0 Å². The quantitative estimate of drug-likeness (QED) is 0.0613. The van der Waals surface area contributed by atoms with Crippen molar-refractivity contribution < 1.29 is 68.3 Å². The van der Waals surface area contributed by atoms with Crippen molar-refractivity contribution in [3.05, 3.63) is 0 Å². The van der Waals surface area contributed by atoms with Crippen molar-refractivity contribution in [3.63, 3.8) is 0 Å². The second-order valence-electron chi connectivity index (χ2n) is 7.06. The van der Waals surface area contributed by atoms with Gasteiger partial charge in [0, 0.05) is 38.5 Å². The summed E-state index contributed by atoms with van der Waals surface area (Å²) in [6.45, 7) is -1.06.